The van der Waals surface area contributed by atoms with Crippen LogP contribution in [0.5, 0.6) is 0 Å². The van der Waals surface area contributed by atoms with Crippen LogP contribution in [-0.2, 0) is 9.47 Å². The maximum absolute atomic E-state index is 11.9. The van der Waals surface area contributed by atoms with E-state index in [1.165, 1.54) is 0 Å². The Bertz CT molecular complexity index is 459. The molecular formula is C14H18O4S. The number of benzene rings is 1. The zero-order chi connectivity index (χ0) is 14.4. The van der Waals surface area contributed by atoms with Crippen LogP contribution >= 0.6 is 11.8 Å². The third-order valence-corrected chi connectivity index (χ3v) is 3.15. The standard InChI is InChI=1S/C14H18O4S/c1-5-19-14(16)18-8-17-13(15)12-10(3)6-9(2)7-11(12)4/h6-7H,5,8H2,1-4H3. The Morgan fingerprint density at radius 3 is 2.21 bits per heavy atom. The van der Waals surface area contributed by atoms with Crippen molar-refractivity contribution in [2.45, 2.75) is 27.7 Å². The molecule has 0 radical (unpaired) electrons. The molecule has 19 heavy (non-hydrogen) atoms. The number of hydrogen-bond donors (Lipinski definition) is 0. The van der Waals surface area contributed by atoms with Crippen molar-refractivity contribution in [3.63, 3.8) is 0 Å². The molecule has 0 fully saturated rings. The SMILES string of the molecule is CCSC(=O)OCOC(=O)c1c(C)cc(C)cc1C. The summed E-state index contributed by atoms with van der Waals surface area (Å²) in [6.07, 6.45) is 0. The molecule has 0 saturated carbocycles. The van der Waals surface area contributed by atoms with E-state index in [0.717, 1.165) is 28.5 Å². The van der Waals surface area contributed by atoms with Crippen LogP contribution in [0.25, 0.3) is 0 Å². The van der Waals surface area contributed by atoms with Gasteiger partial charge in [0, 0.05) is 5.75 Å². The topological polar surface area (TPSA) is 52.6 Å². The quantitative estimate of drug-likeness (QED) is 0.623. The molecule has 0 aliphatic carbocycles. The Morgan fingerprint density at radius 1 is 1.11 bits per heavy atom. The second kappa shape index (κ2) is 7.19. The summed E-state index contributed by atoms with van der Waals surface area (Å²) in [5, 5.41) is -0.437. The van der Waals surface area contributed by atoms with Gasteiger partial charge in [-0.05, 0) is 43.7 Å². The number of carbonyl (C=O) groups excluding carboxylic acids is 2. The highest BCUT2D eigenvalue weighted by Gasteiger charge is 2.14. The third-order valence-electron chi connectivity index (χ3n) is 2.51. The van der Waals surface area contributed by atoms with E-state index in [4.69, 9.17) is 9.47 Å². The second-order valence-electron chi connectivity index (χ2n) is 4.15. The lowest BCUT2D eigenvalue weighted by Crippen LogP contribution is -2.13. The summed E-state index contributed by atoms with van der Waals surface area (Å²) in [4.78, 5) is 23.0. The zero-order valence-electron chi connectivity index (χ0n) is 11.6. The summed E-state index contributed by atoms with van der Waals surface area (Å²) in [6.45, 7) is 7.18. The maximum Gasteiger partial charge on any atom is 0.370 e. The molecule has 0 atom stereocenters. The molecule has 0 bridgehead atoms. The van der Waals surface area contributed by atoms with Crippen molar-refractivity contribution in [2.24, 2.45) is 0 Å². The molecule has 1 rings (SSSR count). The van der Waals surface area contributed by atoms with Gasteiger partial charge in [0.05, 0.1) is 5.56 Å². The smallest absolute Gasteiger partial charge is 0.370 e. The van der Waals surface area contributed by atoms with Gasteiger partial charge in [0.2, 0.25) is 6.79 Å². The van der Waals surface area contributed by atoms with Crippen molar-refractivity contribution in [2.75, 3.05) is 12.5 Å². The summed E-state index contributed by atoms with van der Waals surface area (Å²) in [6, 6.07) is 3.84. The molecule has 1 aromatic rings. The van der Waals surface area contributed by atoms with Crippen molar-refractivity contribution in [1.29, 1.82) is 0 Å². The normalized spacial score (nSPS) is 10.1. The third kappa shape index (κ3) is 4.59. The van der Waals surface area contributed by atoms with Gasteiger partial charge >= 0.3 is 11.3 Å². The highest BCUT2D eigenvalue weighted by molar-refractivity contribution is 8.13. The van der Waals surface area contributed by atoms with Crippen molar-refractivity contribution in [3.05, 3.63) is 34.4 Å². The number of hydrogen-bond acceptors (Lipinski definition) is 5. The fourth-order valence-electron chi connectivity index (χ4n) is 1.86. The summed E-state index contributed by atoms with van der Waals surface area (Å²) >= 11 is 1.03. The Labute approximate surface area is 117 Å². The van der Waals surface area contributed by atoms with E-state index < -0.39 is 11.3 Å². The minimum Gasteiger partial charge on any atom is -0.424 e. The van der Waals surface area contributed by atoms with E-state index in [-0.39, 0.29) is 6.79 Å². The molecule has 0 aromatic heterocycles. The highest BCUT2D eigenvalue weighted by Crippen LogP contribution is 2.17. The Balaban J connectivity index is 2.62. The van der Waals surface area contributed by atoms with Gasteiger partial charge in [-0.3, -0.25) is 0 Å². The molecular weight excluding hydrogens is 264 g/mol. The van der Waals surface area contributed by atoms with Gasteiger partial charge < -0.3 is 9.47 Å². The lowest BCUT2D eigenvalue weighted by molar-refractivity contribution is 0.00396. The number of aryl methyl sites for hydroxylation is 3. The van der Waals surface area contributed by atoms with Crippen molar-refractivity contribution >= 4 is 23.0 Å². The van der Waals surface area contributed by atoms with Crippen LogP contribution in [-0.4, -0.2) is 23.8 Å². The van der Waals surface area contributed by atoms with E-state index in [1.807, 2.05) is 39.8 Å². The summed E-state index contributed by atoms with van der Waals surface area (Å²) in [7, 11) is 0. The van der Waals surface area contributed by atoms with Gasteiger partial charge in [0.1, 0.15) is 0 Å². The van der Waals surface area contributed by atoms with Crippen LogP contribution in [0.1, 0.15) is 34.0 Å². The van der Waals surface area contributed by atoms with E-state index in [9.17, 15) is 9.59 Å². The van der Waals surface area contributed by atoms with Crippen LogP contribution in [0.4, 0.5) is 4.79 Å². The average Bonchev–Trinajstić information content (AvgIpc) is 2.27. The number of rotatable bonds is 4. The van der Waals surface area contributed by atoms with Crippen molar-refractivity contribution < 1.29 is 19.1 Å². The molecule has 0 amide bonds. The Kier molecular flexibility index (Phi) is 5.89. The van der Waals surface area contributed by atoms with E-state index in [1.54, 1.807) is 0 Å². The van der Waals surface area contributed by atoms with E-state index in [0.29, 0.717) is 11.3 Å². The molecule has 0 spiro atoms. The molecule has 0 N–H and O–H groups in total. The molecule has 1 aromatic carbocycles. The van der Waals surface area contributed by atoms with Crippen LogP contribution in [0.3, 0.4) is 0 Å². The highest BCUT2D eigenvalue weighted by atomic mass is 32.2. The van der Waals surface area contributed by atoms with Gasteiger partial charge in [-0.1, -0.05) is 24.6 Å². The maximum atomic E-state index is 11.9. The first-order chi connectivity index (χ1) is 8.95. The first-order valence-corrected chi connectivity index (χ1v) is 6.98. The fraction of sp³-hybridized carbons (Fsp3) is 0.429. The molecule has 5 heteroatoms. The number of ether oxygens (including phenoxy) is 2. The molecule has 0 aliphatic rings. The zero-order valence-corrected chi connectivity index (χ0v) is 12.4. The predicted molar refractivity (Wildman–Crippen MR) is 75.5 cm³/mol. The Hall–Kier alpha value is -1.49. The van der Waals surface area contributed by atoms with Crippen LogP contribution in [0, 0.1) is 20.8 Å². The first-order valence-electron chi connectivity index (χ1n) is 6.00. The number of esters is 1. The molecule has 0 unspecified atom stereocenters. The van der Waals surface area contributed by atoms with Crippen molar-refractivity contribution in [3.8, 4) is 0 Å². The monoisotopic (exact) mass is 282 g/mol. The summed E-state index contributed by atoms with van der Waals surface area (Å²) in [5.41, 5.74) is 3.34. The second-order valence-corrected chi connectivity index (χ2v) is 5.35. The van der Waals surface area contributed by atoms with E-state index in [2.05, 4.69) is 0 Å². The molecule has 0 heterocycles. The van der Waals surface area contributed by atoms with Gasteiger partial charge in [-0.15, -0.1) is 0 Å². The molecule has 4 nitrogen and oxygen atoms in total. The Morgan fingerprint density at radius 2 is 1.68 bits per heavy atom. The lowest BCUT2D eigenvalue weighted by Gasteiger charge is -2.11. The van der Waals surface area contributed by atoms with Crippen LogP contribution in [0.15, 0.2) is 12.1 Å². The molecule has 0 aliphatic heterocycles. The minimum atomic E-state index is -0.468. The minimum absolute atomic E-state index is 0.350. The van der Waals surface area contributed by atoms with Gasteiger partial charge in [0.15, 0.2) is 0 Å². The molecule has 0 saturated heterocycles. The van der Waals surface area contributed by atoms with Gasteiger partial charge in [-0.2, -0.15) is 0 Å². The lowest BCUT2D eigenvalue weighted by atomic mass is 10.0. The average molecular weight is 282 g/mol. The molecule has 104 valence electrons. The number of thioether (sulfide) groups is 1. The summed E-state index contributed by atoms with van der Waals surface area (Å²) < 4.78 is 9.71. The number of carbonyl (C=O) groups is 2. The predicted octanol–water partition coefficient (Wildman–Crippen LogP) is 3.62. The first kappa shape index (κ1) is 15.6. The van der Waals surface area contributed by atoms with Crippen LogP contribution < -0.4 is 0 Å². The fourth-order valence-corrected chi connectivity index (χ4v) is 2.23. The van der Waals surface area contributed by atoms with Crippen molar-refractivity contribution in [1.82, 2.24) is 0 Å². The van der Waals surface area contributed by atoms with Crippen LogP contribution in [0.2, 0.25) is 0 Å². The largest absolute Gasteiger partial charge is 0.424 e. The van der Waals surface area contributed by atoms with E-state index >= 15 is 0 Å². The van der Waals surface area contributed by atoms with Gasteiger partial charge in [-0.25, -0.2) is 9.59 Å². The van der Waals surface area contributed by atoms with Gasteiger partial charge in [0.25, 0.3) is 0 Å². The summed E-state index contributed by atoms with van der Waals surface area (Å²) in [5.74, 6) is 0.160.